The number of aliphatic imine (C=N–C) groups is 2. The molecule has 1 unspecified atom stereocenters. The summed E-state index contributed by atoms with van der Waals surface area (Å²) in [7, 11) is 0. The molecule has 0 spiro atoms. The zero-order valence-electron chi connectivity index (χ0n) is 11.6. The summed E-state index contributed by atoms with van der Waals surface area (Å²) < 4.78 is 0. The molecule has 0 saturated heterocycles. The minimum absolute atomic E-state index is 0.295. The van der Waals surface area contributed by atoms with Gasteiger partial charge in [0.25, 0.3) is 0 Å². The maximum absolute atomic E-state index is 9.99. The summed E-state index contributed by atoms with van der Waals surface area (Å²) >= 11 is 0. The van der Waals surface area contributed by atoms with Crippen LogP contribution in [0.15, 0.2) is 9.98 Å². The molecular weight excluding hydrogens is 224 g/mol. The summed E-state index contributed by atoms with van der Waals surface area (Å²) in [6, 6.07) is 3.36. The molecule has 18 heavy (non-hydrogen) atoms. The van der Waals surface area contributed by atoms with Crippen molar-refractivity contribution in [2.45, 2.75) is 88.8 Å². The molecule has 1 atom stereocenters. The van der Waals surface area contributed by atoms with Crippen molar-refractivity contribution in [3.8, 4) is 0 Å². The van der Waals surface area contributed by atoms with E-state index in [1.807, 2.05) is 6.92 Å². The lowest BCUT2D eigenvalue weighted by molar-refractivity contribution is 0.0763. The summed E-state index contributed by atoms with van der Waals surface area (Å²) in [6.07, 6.45) is 11.5. The van der Waals surface area contributed by atoms with Gasteiger partial charge in [-0.3, -0.25) is 0 Å². The fourth-order valence-corrected chi connectivity index (χ4v) is 3.21. The molecule has 102 valence electrons. The van der Waals surface area contributed by atoms with Crippen molar-refractivity contribution in [1.82, 2.24) is 0 Å². The molecule has 0 aromatic heterocycles. The van der Waals surface area contributed by atoms with Gasteiger partial charge in [0.15, 0.2) is 0 Å². The molecule has 3 heteroatoms. The van der Waals surface area contributed by atoms with E-state index in [9.17, 15) is 5.11 Å². The Morgan fingerprint density at radius 1 is 1.06 bits per heavy atom. The molecule has 0 aliphatic heterocycles. The van der Waals surface area contributed by atoms with Crippen LogP contribution in [0.4, 0.5) is 0 Å². The first kappa shape index (κ1) is 13.8. The second-order valence-corrected chi connectivity index (χ2v) is 5.97. The van der Waals surface area contributed by atoms with Crippen LogP contribution in [-0.4, -0.2) is 28.8 Å². The Hall–Kier alpha value is -0.660. The number of aliphatic hydroxyl groups is 1. The van der Waals surface area contributed by atoms with Gasteiger partial charge in [-0.2, -0.15) is 0 Å². The van der Waals surface area contributed by atoms with Crippen LogP contribution in [0.1, 0.15) is 71.1 Å². The van der Waals surface area contributed by atoms with Crippen LogP contribution in [0.2, 0.25) is 0 Å². The predicted molar refractivity (Wildman–Crippen MR) is 74.2 cm³/mol. The number of hydrogen-bond acceptors (Lipinski definition) is 3. The molecule has 2 rings (SSSR count). The highest BCUT2D eigenvalue weighted by molar-refractivity contribution is 5.43. The van der Waals surface area contributed by atoms with Gasteiger partial charge in [0.05, 0.1) is 23.7 Å². The van der Waals surface area contributed by atoms with Gasteiger partial charge in [-0.1, -0.05) is 38.5 Å². The standard InChI is InChI=1S/C15H26N2O/c1-13(18)15(10-6-3-7-11-15)17-12-16-14-8-4-2-5-9-14/h13-14,18H,2-11H2,1H3. The third kappa shape index (κ3) is 3.43. The molecular formula is C15H26N2O. The molecule has 1 N–H and O–H groups in total. The molecule has 2 saturated carbocycles. The number of rotatable bonds is 3. The van der Waals surface area contributed by atoms with Crippen molar-refractivity contribution in [1.29, 1.82) is 0 Å². The highest BCUT2D eigenvalue weighted by atomic mass is 16.3. The van der Waals surface area contributed by atoms with Gasteiger partial charge < -0.3 is 5.11 Å². The predicted octanol–water partition coefficient (Wildman–Crippen LogP) is 3.58. The Kier molecular flexibility index (Phi) is 4.96. The first-order valence-corrected chi connectivity index (χ1v) is 7.58. The lowest BCUT2D eigenvalue weighted by Gasteiger charge is -2.34. The smallest absolute Gasteiger partial charge is 0.0972 e. The second-order valence-electron chi connectivity index (χ2n) is 5.97. The van der Waals surface area contributed by atoms with E-state index in [0.29, 0.717) is 6.04 Å². The van der Waals surface area contributed by atoms with Gasteiger partial charge in [0, 0.05) is 0 Å². The van der Waals surface area contributed by atoms with E-state index in [2.05, 4.69) is 16.0 Å². The lowest BCUT2D eigenvalue weighted by Crippen LogP contribution is -2.40. The molecule has 0 radical (unpaired) electrons. The third-order valence-corrected chi connectivity index (χ3v) is 4.58. The monoisotopic (exact) mass is 250 g/mol. The highest BCUT2D eigenvalue weighted by Crippen LogP contribution is 2.34. The van der Waals surface area contributed by atoms with E-state index in [-0.39, 0.29) is 11.6 Å². The SMILES string of the molecule is CC(O)C1(N=C=NC2CCCCC2)CCCCC1. The van der Waals surface area contributed by atoms with Crippen LogP contribution < -0.4 is 0 Å². The third-order valence-electron chi connectivity index (χ3n) is 4.58. The Bertz CT molecular complexity index is 306. The summed E-state index contributed by atoms with van der Waals surface area (Å²) in [5, 5.41) is 9.99. The summed E-state index contributed by atoms with van der Waals surface area (Å²) in [5.41, 5.74) is -0.295. The molecule has 0 aromatic rings. The lowest BCUT2D eigenvalue weighted by atomic mass is 9.79. The average molecular weight is 250 g/mol. The Labute approximate surface area is 110 Å². The van der Waals surface area contributed by atoms with Gasteiger partial charge in [-0.25, -0.2) is 9.98 Å². The van der Waals surface area contributed by atoms with E-state index in [1.54, 1.807) is 0 Å². The summed E-state index contributed by atoms with van der Waals surface area (Å²) in [5.74, 6) is 0. The first-order chi connectivity index (χ1) is 8.73. The van der Waals surface area contributed by atoms with E-state index in [0.717, 1.165) is 12.8 Å². The van der Waals surface area contributed by atoms with Crippen LogP contribution in [0.25, 0.3) is 0 Å². The van der Waals surface area contributed by atoms with Crippen LogP contribution in [-0.2, 0) is 0 Å². The number of nitrogens with zero attached hydrogens (tertiary/aromatic N) is 2. The van der Waals surface area contributed by atoms with Crippen molar-refractivity contribution >= 4 is 6.01 Å². The molecule has 0 bridgehead atoms. The normalized spacial score (nSPS) is 26.1. The van der Waals surface area contributed by atoms with Crippen LogP contribution in [0.5, 0.6) is 0 Å². The van der Waals surface area contributed by atoms with Crippen LogP contribution in [0, 0.1) is 0 Å². The maximum Gasteiger partial charge on any atom is 0.0972 e. The topological polar surface area (TPSA) is 45.0 Å². The van der Waals surface area contributed by atoms with Crippen LogP contribution in [0.3, 0.4) is 0 Å². The second kappa shape index (κ2) is 6.49. The molecule has 2 aliphatic carbocycles. The van der Waals surface area contributed by atoms with E-state index in [1.165, 1.54) is 51.4 Å². The van der Waals surface area contributed by atoms with E-state index in [4.69, 9.17) is 0 Å². The highest BCUT2D eigenvalue weighted by Gasteiger charge is 2.36. The van der Waals surface area contributed by atoms with Gasteiger partial charge >= 0.3 is 0 Å². The average Bonchev–Trinajstić information content (AvgIpc) is 2.41. The summed E-state index contributed by atoms with van der Waals surface area (Å²) in [6.45, 7) is 1.86. The Balaban J connectivity index is 2.00. The quantitative estimate of drug-likeness (QED) is 0.765. The Morgan fingerprint density at radius 3 is 2.28 bits per heavy atom. The van der Waals surface area contributed by atoms with E-state index >= 15 is 0 Å². The van der Waals surface area contributed by atoms with Crippen LogP contribution >= 0.6 is 0 Å². The molecule has 2 fully saturated rings. The van der Waals surface area contributed by atoms with E-state index < -0.39 is 0 Å². The zero-order valence-corrected chi connectivity index (χ0v) is 11.6. The number of aliphatic hydroxyl groups excluding tert-OH is 1. The fourth-order valence-electron chi connectivity index (χ4n) is 3.21. The molecule has 0 heterocycles. The fraction of sp³-hybridized carbons (Fsp3) is 0.933. The molecule has 3 nitrogen and oxygen atoms in total. The van der Waals surface area contributed by atoms with Crippen molar-refractivity contribution in [2.75, 3.05) is 0 Å². The molecule has 0 aromatic carbocycles. The maximum atomic E-state index is 9.99. The van der Waals surface area contributed by atoms with Crippen molar-refractivity contribution in [2.24, 2.45) is 9.98 Å². The van der Waals surface area contributed by atoms with Crippen molar-refractivity contribution in [3.63, 3.8) is 0 Å². The van der Waals surface area contributed by atoms with Crippen molar-refractivity contribution in [3.05, 3.63) is 0 Å². The van der Waals surface area contributed by atoms with Gasteiger partial charge in [0.2, 0.25) is 0 Å². The zero-order chi connectivity index (χ0) is 12.8. The minimum atomic E-state index is -0.383. The molecule has 0 amide bonds. The first-order valence-electron chi connectivity index (χ1n) is 7.58. The largest absolute Gasteiger partial charge is 0.391 e. The van der Waals surface area contributed by atoms with Gasteiger partial charge in [-0.05, 0) is 32.6 Å². The minimum Gasteiger partial charge on any atom is -0.391 e. The van der Waals surface area contributed by atoms with Crippen molar-refractivity contribution < 1.29 is 5.11 Å². The number of hydrogen-bond donors (Lipinski definition) is 1. The van der Waals surface area contributed by atoms with Gasteiger partial charge in [-0.15, -0.1) is 0 Å². The Morgan fingerprint density at radius 2 is 1.67 bits per heavy atom. The summed E-state index contributed by atoms with van der Waals surface area (Å²) in [4.78, 5) is 9.02. The molecule has 2 aliphatic rings. The van der Waals surface area contributed by atoms with Gasteiger partial charge in [0.1, 0.15) is 0 Å².